The van der Waals surface area contributed by atoms with Crippen molar-refractivity contribution < 1.29 is 22.7 Å². The number of anilines is 1. The molecule has 7 nitrogen and oxygen atoms in total. The monoisotopic (exact) mass is 442 g/mol. The maximum atomic E-state index is 13.7. The fourth-order valence-corrected chi connectivity index (χ4v) is 3.39. The lowest BCUT2D eigenvalue weighted by Gasteiger charge is -2.09. The first kappa shape index (κ1) is 21.2. The second-order valence-electron chi connectivity index (χ2n) is 6.94. The molecule has 10 heteroatoms. The van der Waals surface area contributed by atoms with Gasteiger partial charge in [-0.25, -0.2) is 4.98 Å². The second kappa shape index (κ2) is 7.88. The standard InChI is InChI=1S/C22H17F3N4O3/c1-12-16(20(30)27-14-8-10-15(32-2)11-9-14)21(31)29-19(26-12)17(13-6-4-3-5-7-13)18(28-29)22(23,24)25/h3-11,28H,1-2H3,(H,27,30). The smallest absolute Gasteiger partial charge is 0.433 e. The summed E-state index contributed by atoms with van der Waals surface area (Å²) in [6.45, 7) is 1.40. The van der Waals surface area contributed by atoms with Crippen LogP contribution in [0.2, 0.25) is 0 Å². The van der Waals surface area contributed by atoms with Crippen LogP contribution in [0.5, 0.6) is 5.75 Å². The lowest BCUT2D eigenvalue weighted by Crippen LogP contribution is -2.29. The summed E-state index contributed by atoms with van der Waals surface area (Å²) in [7, 11) is 1.49. The Bertz CT molecular complexity index is 1360. The zero-order valence-electron chi connectivity index (χ0n) is 16.9. The van der Waals surface area contributed by atoms with Crippen molar-refractivity contribution in [1.82, 2.24) is 14.6 Å². The number of aromatic amines is 1. The molecule has 0 aliphatic heterocycles. The fourth-order valence-electron chi connectivity index (χ4n) is 3.39. The van der Waals surface area contributed by atoms with E-state index in [0.717, 1.165) is 0 Å². The Labute approximate surface area is 179 Å². The van der Waals surface area contributed by atoms with Crippen molar-refractivity contribution in [3.05, 3.63) is 81.9 Å². The van der Waals surface area contributed by atoms with Crippen LogP contribution in [0, 0.1) is 6.92 Å². The molecule has 4 aromatic rings. The normalized spacial score (nSPS) is 11.5. The van der Waals surface area contributed by atoms with E-state index in [1.54, 1.807) is 42.5 Å². The molecule has 2 N–H and O–H groups in total. The Kier molecular flexibility index (Phi) is 5.21. The van der Waals surface area contributed by atoms with Crippen molar-refractivity contribution in [2.75, 3.05) is 12.4 Å². The Morgan fingerprint density at radius 3 is 2.34 bits per heavy atom. The van der Waals surface area contributed by atoms with E-state index < -0.39 is 23.3 Å². The molecule has 2 aromatic carbocycles. The van der Waals surface area contributed by atoms with Crippen LogP contribution in [0.25, 0.3) is 16.8 Å². The van der Waals surface area contributed by atoms with Crippen LogP contribution < -0.4 is 15.6 Å². The highest BCUT2D eigenvalue weighted by Gasteiger charge is 2.38. The van der Waals surface area contributed by atoms with E-state index in [-0.39, 0.29) is 28.0 Å². The first-order chi connectivity index (χ1) is 15.2. The number of rotatable bonds is 4. The Morgan fingerprint density at radius 1 is 1.09 bits per heavy atom. The number of fused-ring (bicyclic) bond motifs is 1. The number of hydrogen-bond acceptors (Lipinski definition) is 4. The highest BCUT2D eigenvalue weighted by Crippen LogP contribution is 2.38. The summed E-state index contributed by atoms with van der Waals surface area (Å²) in [6.07, 6.45) is -4.77. The third-order valence-electron chi connectivity index (χ3n) is 4.88. The molecular weight excluding hydrogens is 425 g/mol. The van der Waals surface area contributed by atoms with Gasteiger partial charge >= 0.3 is 6.18 Å². The SMILES string of the molecule is COc1ccc(NC(=O)c2c(C)nc3c(-c4ccccc4)c(C(F)(F)F)[nH]n3c2=O)cc1. The number of halogens is 3. The maximum Gasteiger partial charge on any atom is 0.433 e. The van der Waals surface area contributed by atoms with E-state index in [4.69, 9.17) is 4.74 Å². The molecule has 0 fully saturated rings. The maximum absolute atomic E-state index is 13.7. The summed E-state index contributed by atoms with van der Waals surface area (Å²) < 4.78 is 47.0. The lowest BCUT2D eigenvalue weighted by molar-refractivity contribution is -0.140. The molecule has 0 spiro atoms. The van der Waals surface area contributed by atoms with Crippen LogP contribution in [-0.2, 0) is 6.18 Å². The Hall–Kier alpha value is -4.08. The van der Waals surface area contributed by atoms with Crippen molar-refractivity contribution in [3.63, 3.8) is 0 Å². The molecule has 4 rings (SSSR count). The Morgan fingerprint density at radius 2 is 1.75 bits per heavy atom. The number of ether oxygens (including phenoxy) is 1. The highest BCUT2D eigenvalue weighted by molar-refractivity contribution is 6.05. The number of carbonyl (C=O) groups is 1. The molecule has 0 aliphatic rings. The van der Waals surface area contributed by atoms with E-state index in [1.165, 1.54) is 26.2 Å². The minimum atomic E-state index is -4.77. The molecule has 0 saturated heterocycles. The molecule has 0 radical (unpaired) electrons. The highest BCUT2D eigenvalue weighted by atomic mass is 19.4. The van der Waals surface area contributed by atoms with Crippen LogP contribution in [0.1, 0.15) is 21.7 Å². The zero-order chi connectivity index (χ0) is 23.0. The van der Waals surface area contributed by atoms with Crippen molar-refractivity contribution in [3.8, 4) is 16.9 Å². The lowest BCUT2D eigenvalue weighted by atomic mass is 10.1. The van der Waals surface area contributed by atoms with Crippen LogP contribution in [0.3, 0.4) is 0 Å². The molecule has 2 heterocycles. The van der Waals surface area contributed by atoms with Gasteiger partial charge in [-0.15, -0.1) is 0 Å². The predicted molar refractivity (Wildman–Crippen MR) is 112 cm³/mol. The van der Waals surface area contributed by atoms with E-state index >= 15 is 0 Å². The van der Waals surface area contributed by atoms with Gasteiger partial charge in [0, 0.05) is 5.69 Å². The zero-order valence-corrected chi connectivity index (χ0v) is 16.9. The molecule has 0 unspecified atom stereocenters. The number of aromatic nitrogens is 3. The summed E-state index contributed by atoms with van der Waals surface area (Å²) in [6, 6.07) is 14.2. The van der Waals surface area contributed by atoms with E-state index in [2.05, 4.69) is 15.4 Å². The minimum Gasteiger partial charge on any atom is -0.497 e. The molecule has 0 aliphatic carbocycles. The topological polar surface area (TPSA) is 88.5 Å². The van der Waals surface area contributed by atoms with Crippen LogP contribution >= 0.6 is 0 Å². The number of methoxy groups -OCH3 is 1. The third-order valence-corrected chi connectivity index (χ3v) is 4.88. The quantitative estimate of drug-likeness (QED) is 0.494. The van der Waals surface area contributed by atoms with E-state index in [9.17, 15) is 22.8 Å². The summed E-state index contributed by atoms with van der Waals surface area (Å²) in [5.41, 5.74) is -2.29. The summed E-state index contributed by atoms with van der Waals surface area (Å²) in [5, 5.41) is 4.65. The van der Waals surface area contributed by atoms with Gasteiger partial charge in [0.1, 0.15) is 17.0 Å². The average molecular weight is 442 g/mol. The molecular formula is C22H17F3N4O3. The van der Waals surface area contributed by atoms with Crippen molar-refractivity contribution in [2.24, 2.45) is 0 Å². The van der Waals surface area contributed by atoms with Crippen molar-refractivity contribution >= 4 is 17.2 Å². The van der Waals surface area contributed by atoms with Crippen molar-refractivity contribution in [1.29, 1.82) is 0 Å². The fraction of sp³-hybridized carbons (Fsp3) is 0.136. The molecule has 0 atom stereocenters. The first-order valence-corrected chi connectivity index (χ1v) is 9.44. The number of alkyl halides is 3. The van der Waals surface area contributed by atoms with Gasteiger partial charge in [0.2, 0.25) is 0 Å². The average Bonchev–Trinajstić information content (AvgIpc) is 3.15. The van der Waals surface area contributed by atoms with Gasteiger partial charge in [-0.2, -0.15) is 17.7 Å². The van der Waals surface area contributed by atoms with Gasteiger partial charge in [-0.1, -0.05) is 30.3 Å². The predicted octanol–water partition coefficient (Wildman–Crippen LogP) is 4.28. The molecule has 164 valence electrons. The number of aryl methyl sites for hydroxylation is 1. The molecule has 32 heavy (non-hydrogen) atoms. The van der Waals surface area contributed by atoms with Gasteiger partial charge in [0.25, 0.3) is 11.5 Å². The second-order valence-corrected chi connectivity index (χ2v) is 6.94. The van der Waals surface area contributed by atoms with Gasteiger partial charge in [0.05, 0.1) is 18.4 Å². The molecule has 0 saturated carbocycles. The van der Waals surface area contributed by atoms with Gasteiger partial charge in [0.15, 0.2) is 5.65 Å². The van der Waals surface area contributed by atoms with Crippen LogP contribution in [0.15, 0.2) is 59.4 Å². The number of carbonyl (C=O) groups excluding carboxylic acids is 1. The number of benzene rings is 2. The van der Waals surface area contributed by atoms with E-state index in [0.29, 0.717) is 16.0 Å². The van der Waals surface area contributed by atoms with E-state index in [1.807, 2.05) is 0 Å². The molecule has 1 amide bonds. The number of nitrogens with zero attached hydrogens (tertiary/aromatic N) is 2. The number of nitrogens with one attached hydrogen (secondary N) is 2. The molecule has 2 aromatic heterocycles. The van der Waals surface area contributed by atoms with Crippen LogP contribution in [-0.4, -0.2) is 27.6 Å². The summed E-state index contributed by atoms with van der Waals surface area (Å²) >= 11 is 0. The van der Waals surface area contributed by atoms with Gasteiger partial charge in [-0.3, -0.25) is 14.7 Å². The van der Waals surface area contributed by atoms with Crippen LogP contribution in [0.4, 0.5) is 18.9 Å². The summed E-state index contributed by atoms with van der Waals surface area (Å²) in [4.78, 5) is 30.0. The largest absolute Gasteiger partial charge is 0.497 e. The molecule has 0 bridgehead atoms. The number of hydrogen-bond donors (Lipinski definition) is 2. The first-order valence-electron chi connectivity index (χ1n) is 9.44. The Balaban J connectivity index is 1.86. The minimum absolute atomic E-state index is 0.00548. The van der Waals surface area contributed by atoms with Crippen molar-refractivity contribution in [2.45, 2.75) is 13.1 Å². The number of H-pyrrole nitrogens is 1. The number of amides is 1. The van der Waals surface area contributed by atoms with Gasteiger partial charge in [-0.05, 0) is 36.8 Å². The summed E-state index contributed by atoms with van der Waals surface area (Å²) in [5.74, 6) is -0.217. The third kappa shape index (κ3) is 3.70. The van der Waals surface area contributed by atoms with Gasteiger partial charge < -0.3 is 10.1 Å².